The van der Waals surface area contributed by atoms with Gasteiger partial charge in [-0.15, -0.1) is 0 Å². The standard InChI is InChI=1S/C15H22N2O4/c1-9(18)17-8-10-6-11(15(2,3)4)7-12(13(10)20-5)21-14(16)19/h6-7H,8H2,1-5H3,(H2,16,19)(H,17,18). The van der Waals surface area contributed by atoms with E-state index in [9.17, 15) is 9.59 Å². The van der Waals surface area contributed by atoms with Crippen LogP contribution in [-0.2, 0) is 16.8 Å². The first-order valence-corrected chi connectivity index (χ1v) is 6.58. The Kier molecular flexibility index (Phi) is 5.18. The molecule has 6 nitrogen and oxygen atoms in total. The molecule has 6 heteroatoms. The van der Waals surface area contributed by atoms with Crippen molar-refractivity contribution in [3.63, 3.8) is 0 Å². The Morgan fingerprint density at radius 2 is 1.90 bits per heavy atom. The van der Waals surface area contributed by atoms with Gasteiger partial charge in [0.05, 0.1) is 7.11 Å². The van der Waals surface area contributed by atoms with Gasteiger partial charge in [-0.1, -0.05) is 20.8 Å². The topological polar surface area (TPSA) is 90.7 Å². The highest BCUT2D eigenvalue weighted by Crippen LogP contribution is 2.37. The quantitative estimate of drug-likeness (QED) is 0.889. The van der Waals surface area contributed by atoms with Crippen LogP contribution in [-0.4, -0.2) is 19.1 Å². The summed E-state index contributed by atoms with van der Waals surface area (Å²) in [5.74, 6) is 0.476. The van der Waals surface area contributed by atoms with E-state index in [1.54, 1.807) is 6.07 Å². The summed E-state index contributed by atoms with van der Waals surface area (Å²) in [6.45, 7) is 7.81. The Morgan fingerprint density at radius 3 is 2.33 bits per heavy atom. The first-order chi connectivity index (χ1) is 9.65. The molecular weight excluding hydrogens is 272 g/mol. The summed E-state index contributed by atoms with van der Waals surface area (Å²) in [4.78, 5) is 22.2. The maximum Gasteiger partial charge on any atom is 0.410 e. The summed E-state index contributed by atoms with van der Waals surface area (Å²) >= 11 is 0. The van der Waals surface area contributed by atoms with Crippen LogP contribution in [0, 0.1) is 0 Å². The predicted octanol–water partition coefficient (Wildman–Crippen LogP) is 2.09. The van der Waals surface area contributed by atoms with Gasteiger partial charge in [0.1, 0.15) is 0 Å². The maximum atomic E-state index is 11.1. The van der Waals surface area contributed by atoms with E-state index in [2.05, 4.69) is 5.32 Å². The lowest BCUT2D eigenvalue weighted by atomic mass is 9.85. The zero-order chi connectivity index (χ0) is 16.2. The minimum absolute atomic E-state index is 0.157. The Labute approximate surface area is 124 Å². The van der Waals surface area contributed by atoms with E-state index in [0.717, 1.165) is 11.1 Å². The maximum absolute atomic E-state index is 11.1. The molecule has 0 radical (unpaired) electrons. The molecule has 0 unspecified atom stereocenters. The molecule has 0 fully saturated rings. The largest absolute Gasteiger partial charge is 0.492 e. The number of hydrogen-bond donors (Lipinski definition) is 2. The number of methoxy groups -OCH3 is 1. The first-order valence-electron chi connectivity index (χ1n) is 6.58. The van der Waals surface area contributed by atoms with Crippen molar-refractivity contribution in [3.05, 3.63) is 23.3 Å². The van der Waals surface area contributed by atoms with Crippen LogP contribution in [0.1, 0.15) is 38.8 Å². The van der Waals surface area contributed by atoms with Gasteiger partial charge in [0.15, 0.2) is 11.5 Å². The molecule has 0 heterocycles. The molecule has 0 aliphatic carbocycles. The number of ether oxygens (including phenoxy) is 2. The van der Waals surface area contributed by atoms with Crippen molar-refractivity contribution in [1.82, 2.24) is 5.32 Å². The van der Waals surface area contributed by atoms with Gasteiger partial charge in [0.25, 0.3) is 0 Å². The molecule has 0 saturated heterocycles. The number of carbonyl (C=O) groups is 2. The van der Waals surface area contributed by atoms with Crippen LogP contribution < -0.4 is 20.5 Å². The van der Waals surface area contributed by atoms with E-state index in [0.29, 0.717) is 5.75 Å². The Bertz CT molecular complexity index is 547. The fraction of sp³-hybridized carbons (Fsp3) is 0.467. The van der Waals surface area contributed by atoms with Gasteiger partial charge >= 0.3 is 6.09 Å². The lowest BCUT2D eigenvalue weighted by Gasteiger charge is -2.23. The van der Waals surface area contributed by atoms with Crippen molar-refractivity contribution in [1.29, 1.82) is 0 Å². The highest BCUT2D eigenvalue weighted by molar-refractivity contribution is 5.73. The number of rotatable bonds is 4. The molecule has 116 valence electrons. The van der Waals surface area contributed by atoms with Crippen LogP contribution in [0.5, 0.6) is 11.5 Å². The minimum atomic E-state index is -0.912. The van der Waals surface area contributed by atoms with Crippen LogP contribution in [0.2, 0.25) is 0 Å². The summed E-state index contributed by atoms with van der Waals surface area (Å²) in [7, 11) is 1.47. The van der Waals surface area contributed by atoms with Gasteiger partial charge in [-0.2, -0.15) is 0 Å². The fourth-order valence-corrected chi connectivity index (χ4v) is 1.86. The summed E-state index contributed by atoms with van der Waals surface area (Å²) < 4.78 is 10.3. The molecule has 0 aromatic heterocycles. The number of primary amides is 1. The fourth-order valence-electron chi connectivity index (χ4n) is 1.86. The summed E-state index contributed by atoms with van der Waals surface area (Å²) in [6, 6.07) is 3.64. The van der Waals surface area contributed by atoms with Crippen molar-refractivity contribution in [2.75, 3.05) is 7.11 Å². The van der Waals surface area contributed by atoms with Crippen molar-refractivity contribution in [2.24, 2.45) is 5.73 Å². The molecule has 1 aromatic rings. The Morgan fingerprint density at radius 1 is 1.29 bits per heavy atom. The van der Waals surface area contributed by atoms with Crippen LogP contribution >= 0.6 is 0 Å². The van der Waals surface area contributed by atoms with E-state index >= 15 is 0 Å². The van der Waals surface area contributed by atoms with Crippen LogP contribution in [0.3, 0.4) is 0 Å². The number of benzene rings is 1. The first kappa shape index (κ1) is 16.8. The summed E-state index contributed by atoms with van der Waals surface area (Å²) in [5.41, 5.74) is 6.60. The van der Waals surface area contributed by atoms with Crippen LogP contribution in [0.4, 0.5) is 4.79 Å². The molecule has 0 bridgehead atoms. The molecule has 0 aliphatic heterocycles. The molecular formula is C15H22N2O4. The van der Waals surface area contributed by atoms with E-state index in [-0.39, 0.29) is 23.6 Å². The third kappa shape index (κ3) is 4.66. The number of nitrogens with two attached hydrogens (primary N) is 1. The highest BCUT2D eigenvalue weighted by atomic mass is 16.6. The minimum Gasteiger partial charge on any atom is -0.492 e. The van der Waals surface area contributed by atoms with E-state index < -0.39 is 6.09 Å². The van der Waals surface area contributed by atoms with Gasteiger partial charge in [-0.25, -0.2) is 4.79 Å². The molecule has 0 spiro atoms. The van der Waals surface area contributed by atoms with Gasteiger partial charge in [0.2, 0.25) is 5.91 Å². The predicted molar refractivity (Wildman–Crippen MR) is 79.4 cm³/mol. The van der Waals surface area contributed by atoms with E-state index in [1.807, 2.05) is 26.8 Å². The second-order valence-electron chi connectivity index (χ2n) is 5.75. The molecule has 21 heavy (non-hydrogen) atoms. The van der Waals surface area contributed by atoms with Gasteiger partial charge in [-0.05, 0) is 23.1 Å². The molecule has 2 amide bonds. The normalized spacial score (nSPS) is 10.9. The lowest BCUT2D eigenvalue weighted by Crippen LogP contribution is -2.22. The highest BCUT2D eigenvalue weighted by Gasteiger charge is 2.21. The number of amides is 2. The average molecular weight is 294 g/mol. The lowest BCUT2D eigenvalue weighted by molar-refractivity contribution is -0.119. The number of carbonyl (C=O) groups excluding carboxylic acids is 2. The Hall–Kier alpha value is -2.24. The Balaban J connectivity index is 3.36. The zero-order valence-corrected chi connectivity index (χ0v) is 13.1. The average Bonchev–Trinajstić information content (AvgIpc) is 2.33. The van der Waals surface area contributed by atoms with Gasteiger partial charge in [0, 0.05) is 19.0 Å². The molecule has 1 aromatic carbocycles. The summed E-state index contributed by atoms with van der Waals surface area (Å²) in [5, 5.41) is 2.71. The zero-order valence-electron chi connectivity index (χ0n) is 13.1. The number of hydrogen-bond acceptors (Lipinski definition) is 4. The summed E-state index contributed by atoms with van der Waals surface area (Å²) in [6.07, 6.45) is -0.912. The molecule has 0 atom stereocenters. The second-order valence-corrected chi connectivity index (χ2v) is 5.75. The second kappa shape index (κ2) is 6.47. The van der Waals surface area contributed by atoms with Gasteiger partial charge < -0.3 is 20.5 Å². The van der Waals surface area contributed by atoms with E-state index in [4.69, 9.17) is 15.2 Å². The van der Waals surface area contributed by atoms with Crippen molar-refractivity contribution in [2.45, 2.75) is 39.7 Å². The van der Waals surface area contributed by atoms with Crippen molar-refractivity contribution >= 4 is 12.0 Å². The van der Waals surface area contributed by atoms with Crippen molar-refractivity contribution < 1.29 is 19.1 Å². The SMILES string of the molecule is COc1c(CNC(C)=O)cc(C(C)(C)C)cc1OC(N)=O. The van der Waals surface area contributed by atoms with Crippen LogP contribution in [0.25, 0.3) is 0 Å². The van der Waals surface area contributed by atoms with E-state index in [1.165, 1.54) is 14.0 Å². The third-order valence-corrected chi connectivity index (χ3v) is 2.94. The molecule has 1 rings (SSSR count). The molecule has 3 N–H and O–H groups in total. The molecule has 0 saturated carbocycles. The monoisotopic (exact) mass is 294 g/mol. The smallest absolute Gasteiger partial charge is 0.410 e. The third-order valence-electron chi connectivity index (χ3n) is 2.94. The number of nitrogens with one attached hydrogen (secondary N) is 1. The van der Waals surface area contributed by atoms with Gasteiger partial charge in [-0.3, -0.25) is 4.79 Å². The van der Waals surface area contributed by atoms with Crippen molar-refractivity contribution in [3.8, 4) is 11.5 Å². The molecule has 0 aliphatic rings. The van der Waals surface area contributed by atoms with Crippen LogP contribution in [0.15, 0.2) is 12.1 Å².